The van der Waals surface area contributed by atoms with Crippen LogP contribution in [0.4, 0.5) is 0 Å². The Bertz CT molecular complexity index is 727. The number of amides is 3. The standard InChI is InChI=1S/C19H22Cl2N2O4/c1-11-4-2-3-5-16(11)27-7-6-22-17(24)10-23-18(25)12-8-14(20)15(21)9-13(12)19(23)26/h8-9,11,16H,2-7,10H2,1H3,(H,22,24)/t11-,16+/m0/s1. The van der Waals surface area contributed by atoms with E-state index in [1.807, 2.05) is 0 Å². The van der Waals surface area contributed by atoms with E-state index in [9.17, 15) is 14.4 Å². The van der Waals surface area contributed by atoms with Gasteiger partial charge in [-0.15, -0.1) is 0 Å². The monoisotopic (exact) mass is 412 g/mol. The number of nitrogens with zero attached hydrogens (tertiary/aromatic N) is 1. The lowest BCUT2D eigenvalue weighted by atomic mass is 9.88. The lowest BCUT2D eigenvalue weighted by Gasteiger charge is -2.28. The van der Waals surface area contributed by atoms with Gasteiger partial charge in [0.1, 0.15) is 6.54 Å². The predicted octanol–water partition coefficient (Wildman–Crippen LogP) is 3.30. The van der Waals surface area contributed by atoms with E-state index in [1.54, 1.807) is 0 Å². The molecule has 6 nitrogen and oxygen atoms in total. The third kappa shape index (κ3) is 4.45. The molecular formula is C19H22Cl2N2O4. The average molecular weight is 413 g/mol. The number of rotatable bonds is 6. The topological polar surface area (TPSA) is 75.7 Å². The number of hydrogen-bond donors (Lipinski definition) is 1. The zero-order valence-electron chi connectivity index (χ0n) is 15.1. The number of benzene rings is 1. The van der Waals surface area contributed by atoms with Gasteiger partial charge in [0.05, 0.1) is 33.9 Å². The van der Waals surface area contributed by atoms with Gasteiger partial charge in [-0.25, -0.2) is 0 Å². The fourth-order valence-corrected chi connectivity index (χ4v) is 3.88. The number of nitrogens with one attached hydrogen (secondary N) is 1. The van der Waals surface area contributed by atoms with Gasteiger partial charge in [0.25, 0.3) is 11.8 Å². The minimum absolute atomic E-state index is 0.164. The van der Waals surface area contributed by atoms with E-state index in [2.05, 4.69) is 12.2 Å². The summed E-state index contributed by atoms with van der Waals surface area (Å²) in [6.45, 7) is 2.58. The summed E-state index contributed by atoms with van der Waals surface area (Å²) in [4.78, 5) is 37.8. The van der Waals surface area contributed by atoms with Crippen molar-refractivity contribution in [2.45, 2.75) is 38.7 Å². The Morgan fingerprint density at radius 2 is 1.74 bits per heavy atom. The Kier molecular flexibility index (Phi) is 6.40. The second kappa shape index (κ2) is 8.59. The maximum atomic E-state index is 12.4. The van der Waals surface area contributed by atoms with Crippen LogP contribution in [0.15, 0.2) is 12.1 Å². The molecule has 1 saturated carbocycles. The molecule has 0 radical (unpaired) electrons. The maximum absolute atomic E-state index is 12.4. The molecule has 1 fully saturated rings. The molecule has 2 atom stereocenters. The lowest BCUT2D eigenvalue weighted by Crippen LogP contribution is -2.41. The number of carbonyl (C=O) groups excluding carboxylic acids is 3. The van der Waals surface area contributed by atoms with Gasteiger partial charge >= 0.3 is 0 Å². The van der Waals surface area contributed by atoms with Crippen molar-refractivity contribution in [2.75, 3.05) is 19.7 Å². The van der Waals surface area contributed by atoms with Gasteiger partial charge in [0, 0.05) is 6.54 Å². The molecule has 0 spiro atoms. The molecule has 1 heterocycles. The summed E-state index contributed by atoms with van der Waals surface area (Å²) < 4.78 is 5.84. The first kappa shape index (κ1) is 20.1. The Labute approximate surface area is 168 Å². The quantitative estimate of drug-likeness (QED) is 0.574. The summed E-state index contributed by atoms with van der Waals surface area (Å²) in [6.07, 6.45) is 4.88. The van der Waals surface area contributed by atoms with Crippen LogP contribution < -0.4 is 5.32 Å². The highest BCUT2D eigenvalue weighted by molar-refractivity contribution is 6.43. The zero-order chi connectivity index (χ0) is 19.6. The molecule has 1 aliphatic carbocycles. The van der Waals surface area contributed by atoms with Crippen LogP contribution in [0.5, 0.6) is 0 Å². The third-order valence-corrected chi connectivity index (χ3v) is 5.82. The predicted molar refractivity (Wildman–Crippen MR) is 102 cm³/mol. The molecule has 0 aromatic heterocycles. The summed E-state index contributed by atoms with van der Waals surface area (Å²) >= 11 is 11.8. The van der Waals surface area contributed by atoms with Crippen LogP contribution in [-0.4, -0.2) is 48.4 Å². The molecule has 1 aromatic carbocycles. The highest BCUT2D eigenvalue weighted by Gasteiger charge is 2.37. The van der Waals surface area contributed by atoms with Crippen molar-refractivity contribution in [3.8, 4) is 0 Å². The zero-order valence-corrected chi connectivity index (χ0v) is 16.6. The molecule has 8 heteroatoms. The Morgan fingerprint density at radius 3 is 2.33 bits per heavy atom. The summed E-state index contributed by atoms with van der Waals surface area (Å²) in [6, 6.07) is 2.72. The molecule has 2 aliphatic rings. The SMILES string of the molecule is C[C@H]1CCCC[C@H]1OCCNC(=O)CN1C(=O)c2cc(Cl)c(Cl)cc2C1=O. The number of hydrogen-bond acceptors (Lipinski definition) is 4. The van der Waals surface area contributed by atoms with E-state index >= 15 is 0 Å². The summed E-state index contributed by atoms with van der Waals surface area (Å²) in [5, 5.41) is 3.08. The highest BCUT2D eigenvalue weighted by Crippen LogP contribution is 2.31. The Hall–Kier alpha value is -1.63. The van der Waals surface area contributed by atoms with Crippen LogP contribution in [0.3, 0.4) is 0 Å². The largest absolute Gasteiger partial charge is 0.376 e. The van der Waals surface area contributed by atoms with Gasteiger partial charge in [0.15, 0.2) is 0 Å². The molecule has 1 aliphatic heterocycles. The summed E-state index contributed by atoms with van der Waals surface area (Å²) in [5.41, 5.74) is 0.327. The van der Waals surface area contributed by atoms with Gasteiger partial charge in [-0.3, -0.25) is 19.3 Å². The molecular weight excluding hydrogens is 391 g/mol. The number of halogens is 2. The minimum atomic E-state index is -0.545. The van der Waals surface area contributed by atoms with E-state index in [-0.39, 0.29) is 33.8 Å². The second-order valence-electron chi connectivity index (χ2n) is 7.03. The van der Waals surface area contributed by atoms with E-state index in [1.165, 1.54) is 31.4 Å². The number of ether oxygens (including phenoxy) is 1. The van der Waals surface area contributed by atoms with Crippen molar-refractivity contribution in [1.82, 2.24) is 10.2 Å². The number of imide groups is 1. The smallest absolute Gasteiger partial charge is 0.262 e. The summed E-state index contributed by atoms with van der Waals surface area (Å²) in [7, 11) is 0. The van der Waals surface area contributed by atoms with Crippen molar-refractivity contribution in [3.05, 3.63) is 33.3 Å². The normalized spacial score (nSPS) is 22.1. The molecule has 146 valence electrons. The molecule has 0 unspecified atom stereocenters. The maximum Gasteiger partial charge on any atom is 0.262 e. The van der Waals surface area contributed by atoms with Gasteiger partial charge in [-0.05, 0) is 30.9 Å². The van der Waals surface area contributed by atoms with Crippen LogP contribution in [-0.2, 0) is 9.53 Å². The van der Waals surface area contributed by atoms with Crippen molar-refractivity contribution in [2.24, 2.45) is 5.92 Å². The van der Waals surface area contributed by atoms with Gasteiger partial charge < -0.3 is 10.1 Å². The van der Waals surface area contributed by atoms with Crippen LogP contribution >= 0.6 is 23.2 Å². The van der Waals surface area contributed by atoms with Crippen LogP contribution in [0.25, 0.3) is 0 Å². The van der Waals surface area contributed by atoms with Crippen LogP contribution in [0.1, 0.15) is 53.3 Å². The van der Waals surface area contributed by atoms with Gasteiger partial charge in [-0.2, -0.15) is 0 Å². The summed E-state index contributed by atoms with van der Waals surface area (Å²) in [5.74, 6) is -0.972. The first-order chi connectivity index (χ1) is 12.9. The van der Waals surface area contributed by atoms with Crippen molar-refractivity contribution >= 4 is 40.9 Å². The molecule has 0 saturated heterocycles. The molecule has 0 bridgehead atoms. The van der Waals surface area contributed by atoms with Gasteiger partial charge in [-0.1, -0.05) is 43.0 Å². The van der Waals surface area contributed by atoms with E-state index in [0.29, 0.717) is 19.1 Å². The fourth-order valence-electron chi connectivity index (χ4n) is 3.56. The Morgan fingerprint density at radius 1 is 1.15 bits per heavy atom. The first-order valence-corrected chi connectivity index (χ1v) is 9.87. The highest BCUT2D eigenvalue weighted by atomic mass is 35.5. The number of carbonyl (C=O) groups is 3. The van der Waals surface area contributed by atoms with Crippen molar-refractivity contribution in [3.63, 3.8) is 0 Å². The average Bonchev–Trinajstić information content (AvgIpc) is 2.85. The minimum Gasteiger partial charge on any atom is -0.376 e. The Balaban J connectivity index is 1.48. The molecule has 27 heavy (non-hydrogen) atoms. The van der Waals surface area contributed by atoms with E-state index in [4.69, 9.17) is 27.9 Å². The van der Waals surface area contributed by atoms with Crippen LogP contribution in [0.2, 0.25) is 10.0 Å². The van der Waals surface area contributed by atoms with Crippen LogP contribution in [0, 0.1) is 5.92 Å². The number of fused-ring (bicyclic) bond motifs is 1. The lowest BCUT2D eigenvalue weighted by molar-refractivity contribution is -0.121. The molecule has 1 N–H and O–H groups in total. The van der Waals surface area contributed by atoms with Gasteiger partial charge in [0.2, 0.25) is 5.91 Å². The van der Waals surface area contributed by atoms with E-state index in [0.717, 1.165) is 11.3 Å². The second-order valence-corrected chi connectivity index (χ2v) is 7.84. The fraction of sp³-hybridized carbons (Fsp3) is 0.526. The molecule has 3 rings (SSSR count). The van der Waals surface area contributed by atoms with Crippen molar-refractivity contribution < 1.29 is 19.1 Å². The third-order valence-electron chi connectivity index (χ3n) is 5.10. The first-order valence-electron chi connectivity index (χ1n) is 9.12. The van der Waals surface area contributed by atoms with E-state index < -0.39 is 17.7 Å². The van der Waals surface area contributed by atoms with Crippen molar-refractivity contribution in [1.29, 1.82) is 0 Å². The molecule has 3 amide bonds. The molecule has 1 aromatic rings.